The summed E-state index contributed by atoms with van der Waals surface area (Å²) in [6, 6.07) is 6.83. The molecule has 0 radical (unpaired) electrons. The molecule has 0 unspecified atom stereocenters. The molecule has 7 heteroatoms. The lowest BCUT2D eigenvalue weighted by atomic mass is 9.99. The van der Waals surface area contributed by atoms with Gasteiger partial charge in [0.1, 0.15) is 10.6 Å². The zero-order valence-electron chi connectivity index (χ0n) is 14.4. The molecule has 1 fully saturated rings. The van der Waals surface area contributed by atoms with Crippen LogP contribution < -0.4 is 4.74 Å². The van der Waals surface area contributed by atoms with E-state index in [1.165, 1.54) is 0 Å². The summed E-state index contributed by atoms with van der Waals surface area (Å²) < 4.78 is 43.3. The van der Waals surface area contributed by atoms with E-state index in [1.54, 1.807) is 35.7 Å². The third kappa shape index (κ3) is 4.92. The minimum absolute atomic E-state index is 0.252. The second-order valence-corrected chi connectivity index (χ2v) is 7.70. The van der Waals surface area contributed by atoms with Crippen molar-refractivity contribution < 1.29 is 22.6 Å². The largest absolute Gasteiger partial charge is 0.492 e. The average Bonchev–Trinajstić information content (AvgIpc) is 2.60. The topological polar surface area (TPSA) is 65.1 Å². The highest BCUT2D eigenvalue weighted by atomic mass is 32.2. The molecule has 136 valence electrons. The predicted octanol–water partition coefficient (Wildman–Crippen LogP) is 2.15. The molecule has 1 heterocycles. The van der Waals surface area contributed by atoms with Gasteiger partial charge >= 0.3 is 0 Å². The van der Waals surface area contributed by atoms with Gasteiger partial charge in [-0.15, -0.1) is 0 Å². The summed E-state index contributed by atoms with van der Waals surface area (Å²) in [6.07, 6.45) is 1.62. The van der Waals surface area contributed by atoms with Crippen LogP contribution in [0.15, 0.2) is 29.2 Å². The van der Waals surface area contributed by atoms with Crippen molar-refractivity contribution in [3.05, 3.63) is 24.3 Å². The monoisotopic (exact) mass is 357 g/mol. The summed E-state index contributed by atoms with van der Waals surface area (Å²) in [5, 5.41) is 0. The maximum absolute atomic E-state index is 12.9. The zero-order chi connectivity index (χ0) is 17.4. The number of piperidine rings is 1. The van der Waals surface area contributed by atoms with Crippen LogP contribution in [0.25, 0.3) is 0 Å². The fourth-order valence-electron chi connectivity index (χ4n) is 2.79. The normalized spacial score (nSPS) is 17.1. The van der Waals surface area contributed by atoms with Crippen LogP contribution >= 0.6 is 0 Å². The number of hydrogen-bond acceptors (Lipinski definition) is 5. The molecule has 2 rings (SSSR count). The van der Waals surface area contributed by atoms with Gasteiger partial charge in [-0.05, 0) is 37.8 Å². The number of hydrogen-bond donors (Lipinski definition) is 0. The maximum atomic E-state index is 12.9. The Kier molecular flexibility index (Phi) is 7.48. The Hall–Kier alpha value is -1.15. The van der Waals surface area contributed by atoms with Crippen molar-refractivity contribution in [2.24, 2.45) is 5.92 Å². The molecule has 0 aromatic heterocycles. The first-order valence-electron chi connectivity index (χ1n) is 8.38. The molecule has 0 amide bonds. The molecular formula is C17H27NO5S. The third-order valence-corrected chi connectivity index (χ3v) is 6.06. The SMILES string of the molecule is CCOc1ccccc1S(=O)(=O)N1CCC(COCCOC)CC1. The Morgan fingerprint density at radius 2 is 1.88 bits per heavy atom. The van der Waals surface area contributed by atoms with Gasteiger partial charge in [0.25, 0.3) is 0 Å². The van der Waals surface area contributed by atoms with Crippen molar-refractivity contribution in [1.82, 2.24) is 4.31 Å². The number of ether oxygens (including phenoxy) is 3. The first-order chi connectivity index (χ1) is 11.6. The number of para-hydroxylation sites is 1. The lowest BCUT2D eigenvalue weighted by Gasteiger charge is -2.31. The Morgan fingerprint density at radius 3 is 2.54 bits per heavy atom. The first kappa shape index (κ1) is 19.2. The van der Waals surface area contributed by atoms with Crippen LogP contribution in [0.2, 0.25) is 0 Å². The van der Waals surface area contributed by atoms with Crippen molar-refractivity contribution in [1.29, 1.82) is 0 Å². The summed E-state index contributed by atoms with van der Waals surface area (Å²) in [5.41, 5.74) is 0. The quantitative estimate of drug-likeness (QED) is 0.634. The molecule has 0 aliphatic carbocycles. The van der Waals surface area contributed by atoms with Crippen LogP contribution in [0.5, 0.6) is 5.75 Å². The Morgan fingerprint density at radius 1 is 1.17 bits per heavy atom. The Labute approximate surface area is 144 Å². The van der Waals surface area contributed by atoms with E-state index in [0.717, 1.165) is 12.8 Å². The van der Waals surface area contributed by atoms with Gasteiger partial charge in [0, 0.05) is 26.8 Å². The molecule has 1 aromatic carbocycles. The standard InChI is InChI=1S/C17H27NO5S/c1-3-23-16-6-4-5-7-17(16)24(19,20)18-10-8-15(9-11-18)14-22-13-12-21-2/h4-7,15H,3,8-14H2,1-2H3. The van der Waals surface area contributed by atoms with E-state index in [9.17, 15) is 8.42 Å². The lowest BCUT2D eigenvalue weighted by molar-refractivity contribution is 0.0410. The molecule has 0 spiro atoms. The summed E-state index contributed by atoms with van der Waals surface area (Å²) in [5.74, 6) is 0.820. The van der Waals surface area contributed by atoms with Gasteiger partial charge in [-0.25, -0.2) is 8.42 Å². The van der Waals surface area contributed by atoms with E-state index >= 15 is 0 Å². The highest BCUT2D eigenvalue weighted by molar-refractivity contribution is 7.89. The van der Waals surface area contributed by atoms with Crippen molar-refractivity contribution >= 4 is 10.0 Å². The molecule has 24 heavy (non-hydrogen) atoms. The number of benzene rings is 1. The summed E-state index contributed by atoms with van der Waals surface area (Å²) in [7, 11) is -1.87. The second-order valence-electron chi connectivity index (χ2n) is 5.79. The van der Waals surface area contributed by atoms with Crippen LogP contribution in [-0.4, -0.2) is 59.3 Å². The molecule has 1 saturated heterocycles. The lowest BCUT2D eigenvalue weighted by Crippen LogP contribution is -2.39. The molecule has 0 N–H and O–H groups in total. The molecule has 6 nitrogen and oxygen atoms in total. The van der Waals surface area contributed by atoms with Gasteiger partial charge in [0.05, 0.1) is 19.8 Å². The minimum atomic E-state index is -3.52. The summed E-state index contributed by atoms with van der Waals surface area (Å²) in [4.78, 5) is 0.252. The van der Waals surface area contributed by atoms with E-state index < -0.39 is 10.0 Å². The molecule has 0 atom stereocenters. The van der Waals surface area contributed by atoms with Gasteiger partial charge in [0.2, 0.25) is 10.0 Å². The molecule has 0 bridgehead atoms. The highest BCUT2D eigenvalue weighted by Crippen LogP contribution is 2.29. The second kappa shape index (κ2) is 9.36. The van der Waals surface area contributed by atoms with Gasteiger partial charge in [-0.1, -0.05) is 12.1 Å². The van der Waals surface area contributed by atoms with Crippen molar-refractivity contribution in [2.45, 2.75) is 24.7 Å². The van der Waals surface area contributed by atoms with Gasteiger partial charge < -0.3 is 14.2 Å². The van der Waals surface area contributed by atoms with E-state index in [2.05, 4.69) is 0 Å². The number of rotatable bonds is 9. The molecular weight excluding hydrogens is 330 g/mol. The fraction of sp³-hybridized carbons (Fsp3) is 0.647. The molecule has 0 saturated carbocycles. The van der Waals surface area contributed by atoms with Gasteiger partial charge in [-0.3, -0.25) is 0 Å². The van der Waals surface area contributed by atoms with Crippen molar-refractivity contribution in [2.75, 3.05) is 46.6 Å². The van der Waals surface area contributed by atoms with Crippen molar-refractivity contribution in [3.8, 4) is 5.75 Å². The number of sulfonamides is 1. The van der Waals surface area contributed by atoms with Crippen molar-refractivity contribution in [3.63, 3.8) is 0 Å². The predicted molar refractivity (Wildman–Crippen MR) is 91.8 cm³/mol. The van der Waals surface area contributed by atoms with Crippen LogP contribution in [0.1, 0.15) is 19.8 Å². The first-order valence-corrected chi connectivity index (χ1v) is 9.82. The van der Waals surface area contributed by atoms with Crippen LogP contribution in [0.3, 0.4) is 0 Å². The highest BCUT2D eigenvalue weighted by Gasteiger charge is 2.31. The Bertz CT molecular complexity index is 597. The zero-order valence-corrected chi connectivity index (χ0v) is 15.3. The van der Waals surface area contributed by atoms with Gasteiger partial charge in [-0.2, -0.15) is 4.31 Å². The van der Waals surface area contributed by atoms with Gasteiger partial charge in [0.15, 0.2) is 0 Å². The smallest absolute Gasteiger partial charge is 0.246 e. The van der Waals surface area contributed by atoms with Crippen LogP contribution in [0.4, 0.5) is 0 Å². The molecule has 1 aliphatic rings. The summed E-state index contributed by atoms with van der Waals surface area (Å²) >= 11 is 0. The van der Waals surface area contributed by atoms with E-state index in [1.807, 2.05) is 6.92 Å². The molecule has 1 aliphatic heterocycles. The number of methoxy groups -OCH3 is 1. The van der Waals surface area contributed by atoms with Crippen LogP contribution in [0, 0.1) is 5.92 Å². The Balaban J connectivity index is 1.95. The third-order valence-electron chi connectivity index (χ3n) is 4.13. The van der Waals surface area contributed by atoms with E-state index in [-0.39, 0.29) is 4.90 Å². The fourth-order valence-corrected chi connectivity index (χ4v) is 4.39. The average molecular weight is 357 g/mol. The van der Waals surface area contributed by atoms with E-state index in [4.69, 9.17) is 14.2 Å². The maximum Gasteiger partial charge on any atom is 0.246 e. The van der Waals surface area contributed by atoms with Crippen LogP contribution in [-0.2, 0) is 19.5 Å². The minimum Gasteiger partial charge on any atom is -0.492 e. The molecule has 1 aromatic rings. The number of nitrogens with zero attached hydrogens (tertiary/aromatic N) is 1. The van der Waals surface area contributed by atoms with E-state index in [0.29, 0.717) is 51.2 Å². The summed E-state index contributed by atoms with van der Waals surface area (Å²) in [6.45, 7) is 5.14.